The highest BCUT2D eigenvalue weighted by molar-refractivity contribution is 5.82. The molecule has 0 aromatic heterocycles. The lowest BCUT2D eigenvalue weighted by Crippen LogP contribution is -2.54. The van der Waals surface area contributed by atoms with Gasteiger partial charge >= 0.3 is 5.97 Å². The van der Waals surface area contributed by atoms with E-state index in [1.807, 2.05) is 18.2 Å². The molecule has 0 amide bonds. The Morgan fingerprint density at radius 1 is 1.21 bits per heavy atom. The number of carboxylic acids is 1. The zero-order valence-corrected chi connectivity index (χ0v) is 17.0. The van der Waals surface area contributed by atoms with E-state index < -0.39 is 5.97 Å². The molecule has 2 atom stereocenters. The van der Waals surface area contributed by atoms with E-state index in [1.54, 1.807) is 7.11 Å². The first kappa shape index (κ1) is 19.7. The molecule has 1 saturated carbocycles. The number of hydrogen-bond donors (Lipinski definition) is 1. The molecular formula is C25H29NO3. The highest BCUT2D eigenvalue weighted by Gasteiger charge is 2.48. The van der Waals surface area contributed by atoms with Crippen LogP contribution in [0, 0.1) is 0 Å². The van der Waals surface area contributed by atoms with Crippen LogP contribution in [0.2, 0.25) is 0 Å². The van der Waals surface area contributed by atoms with Crippen LogP contribution in [0.5, 0.6) is 5.75 Å². The van der Waals surface area contributed by atoms with Crippen LogP contribution in [0.15, 0.2) is 66.2 Å². The van der Waals surface area contributed by atoms with Gasteiger partial charge in [0.1, 0.15) is 5.75 Å². The van der Waals surface area contributed by atoms with Gasteiger partial charge in [-0.3, -0.25) is 4.90 Å². The standard InChI is InChI=1S/C25H29NO3/c1-29-21-10-5-9-20(17-21)25-13-6-11-23(22(25)18-24(27)28)26(16-14-25)15-12-19-7-3-2-4-8-19/h2-5,7-10,17-18,23H,6,11-16H2,1H3,(H,27,28). The topological polar surface area (TPSA) is 49.8 Å². The van der Waals surface area contributed by atoms with Crippen molar-refractivity contribution in [2.45, 2.75) is 43.6 Å². The summed E-state index contributed by atoms with van der Waals surface area (Å²) in [5.41, 5.74) is 3.40. The average molecular weight is 392 g/mol. The molecule has 4 heteroatoms. The van der Waals surface area contributed by atoms with Crippen molar-refractivity contribution in [3.05, 3.63) is 77.4 Å². The van der Waals surface area contributed by atoms with Gasteiger partial charge in [-0.2, -0.15) is 0 Å². The van der Waals surface area contributed by atoms with Crippen LogP contribution in [-0.2, 0) is 16.6 Å². The maximum absolute atomic E-state index is 11.8. The third-order valence-corrected chi connectivity index (χ3v) is 6.69. The maximum Gasteiger partial charge on any atom is 0.328 e. The lowest BCUT2D eigenvalue weighted by molar-refractivity contribution is -0.131. The number of benzene rings is 2. The fourth-order valence-corrected chi connectivity index (χ4v) is 5.28. The number of nitrogens with zero attached hydrogens (tertiary/aromatic N) is 1. The van der Waals surface area contributed by atoms with E-state index in [2.05, 4.69) is 41.3 Å². The van der Waals surface area contributed by atoms with Crippen molar-refractivity contribution in [1.29, 1.82) is 0 Å². The summed E-state index contributed by atoms with van der Waals surface area (Å²) in [7, 11) is 1.68. The summed E-state index contributed by atoms with van der Waals surface area (Å²) >= 11 is 0. The molecule has 2 fully saturated rings. The zero-order chi connectivity index (χ0) is 20.3. The second kappa shape index (κ2) is 8.42. The van der Waals surface area contributed by atoms with Crippen LogP contribution in [-0.4, -0.2) is 42.2 Å². The SMILES string of the molecule is COc1cccc(C23CCCC(C2=CC(=O)O)N(CCc2ccccc2)CC3)c1. The van der Waals surface area contributed by atoms with Gasteiger partial charge in [0, 0.05) is 24.1 Å². The monoisotopic (exact) mass is 391 g/mol. The van der Waals surface area contributed by atoms with Gasteiger partial charge in [0.2, 0.25) is 0 Å². The molecule has 4 nitrogen and oxygen atoms in total. The Morgan fingerprint density at radius 2 is 2.03 bits per heavy atom. The Balaban J connectivity index is 1.65. The quantitative estimate of drug-likeness (QED) is 0.740. The molecule has 1 aliphatic carbocycles. The number of likely N-dealkylation sites (tertiary alicyclic amines) is 1. The van der Waals surface area contributed by atoms with E-state index in [4.69, 9.17) is 4.74 Å². The minimum Gasteiger partial charge on any atom is -0.497 e. The molecule has 152 valence electrons. The molecule has 1 N–H and O–H groups in total. The first-order valence-electron chi connectivity index (χ1n) is 10.5. The van der Waals surface area contributed by atoms with Crippen LogP contribution in [0.25, 0.3) is 0 Å². The number of methoxy groups -OCH3 is 1. The molecule has 1 aliphatic heterocycles. The van der Waals surface area contributed by atoms with E-state index >= 15 is 0 Å². The van der Waals surface area contributed by atoms with Gasteiger partial charge in [0.05, 0.1) is 7.11 Å². The smallest absolute Gasteiger partial charge is 0.328 e. The zero-order valence-electron chi connectivity index (χ0n) is 17.0. The van der Waals surface area contributed by atoms with Crippen molar-refractivity contribution in [2.24, 2.45) is 0 Å². The largest absolute Gasteiger partial charge is 0.497 e. The van der Waals surface area contributed by atoms with Crippen LogP contribution in [0.3, 0.4) is 0 Å². The minimum absolute atomic E-state index is 0.195. The summed E-state index contributed by atoms with van der Waals surface area (Å²) in [6, 6.07) is 18.9. The van der Waals surface area contributed by atoms with E-state index in [9.17, 15) is 9.90 Å². The van der Waals surface area contributed by atoms with Crippen molar-refractivity contribution in [2.75, 3.05) is 20.2 Å². The molecule has 2 aromatic carbocycles. The minimum atomic E-state index is -0.843. The van der Waals surface area contributed by atoms with Gasteiger partial charge in [-0.25, -0.2) is 4.79 Å². The molecule has 1 saturated heterocycles. The molecule has 1 heterocycles. The third-order valence-electron chi connectivity index (χ3n) is 6.69. The number of ether oxygens (including phenoxy) is 1. The number of carboxylic acid groups (broad SMARTS) is 1. The second-order valence-corrected chi connectivity index (χ2v) is 8.18. The highest BCUT2D eigenvalue weighted by atomic mass is 16.5. The molecule has 0 spiro atoms. The number of piperidine rings is 1. The fraction of sp³-hybridized carbons (Fsp3) is 0.400. The third kappa shape index (κ3) is 3.95. The van der Waals surface area contributed by atoms with Gasteiger partial charge in [-0.05, 0) is 61.1 Å². The Kier molecular flexibility index (Phi) is 5.72. The summed E-state index contributed by atoms with van der Waals surface area (Å²) < 4.78 is 5.46. The Labute approximate surface area is 172 Å². The second-order valence-electron chi connectivity index (χ2n) is 8.18. The summed E-state index contributed by atoms with van der Waals surface area (Å²) in [5.74, 6) is -0.00994. The first-order valence-corrected chi connectivity index (χ1v) is 10.5. The molecule has 2 unspecified atom stereocenters. The van der Waals surface area contributed by atoms with Crippen LogP contribution in [0.1, 0.15) is 36.8 Å². The van der Waals surface area contributed by atoms with Gasteiger partial charge < -0.3 is 9.84 Å². The number of fused-ring (bicyclic) bond motifs is 2. The van der Waals surface area contributed by atoms with Crippen LogP contribution >= 0.6 is 0 Å². The number of rotatable bonds is 6. The lowest BCUT2D eigenvalue weighted by Gasteiger charge is -2.53. The van der Waals surface area contributed by atoms with Crippen LogP contribution in [0.4, 0.5) is 0 Å². The van der Waals surface area contributed by atoms with Gasteiger partial charge in [-0.1, -0.05) is 48.9 Å². The maximum atomic E-state index is 11.8. The van der Waals surface area contributed by atoms with Crippen molar-refractivity contribution in [1.82, 2.24) is 4.90 Å². The summed E-state index contributed by atoms with van der Waals surface area (Å²) in [4.78, 5) is 14.3. The normalized spacial score (nSPS) is 25.7. The van der Waals surface area contributed by atoms with Crippen molar-refractivity contribution < 1.29 is 14.6 Å². The van der Waals surface area contributed by atoms with E-state index in [1.165, 1.54) is 17.2 Å². The van der Waals surface area contributed by atoms with Crippen molar-refractivity contribution in [3.63, 3.8) is 0 Å². The number of aliphatic carboxylic acids is 1. The van der Waals surface area contributed by atoms with Gasteiger partial charge in [0.25, 0.3) is 0 Å². The van der Waals surface area contributed by atoms with Gasteiger partial charge in [0.15, 0.2) is 0 Å². The summed E-state index contributed by atoms with van der Waals surface area (Å²) in [6.45, 7) is 1.95. The molecule has 2 aromatic rings. The van der Waals surface area contributed by atoms with Crippen molar-refractivity contribution in [3.8, 4) is 5.75 Å². The van der Waals surface area contributed by atoms with E-state index in [0.717, 1.165) is 56.5 Å². The Bertz CT molecular complexity index is 892. The summed E-state index contributed by atoms with van der Waals surface area (Å²) in [6.07, 6.45) is 6.58. The predicted octanol–water partition coefficient (Wildman–Crippen LogP) is 4.44. The average Bonchev–Trinajstić information content (AvgIpc) is 2.74. The number of carbonyl (C=O) groups is 1. The molecule has 29 heavy (non-hydrogen) atoms. The van der Waals surface area contributed by atoms with E-state index in [-0.39, 0.29) is 11.5 Å². The molecular weight excluding hydrogens is 362 g/mol. The predicted molar refractivity (Wildman–Crippen MR) is 114 cm³/mol. The van der Waals surface area contributed by atoms with E-state index in [0.29, 0.717) is 0 Å². The molecule has 4 rings (SSSR count). The highest BCUT2D eigenvalue weighted by Crippen LogP contribution is 2.51. The summed E-state index contributed by atoms with van der Waals surface area (Å²) in [5, 5.41) is 9.66. The molecule has 0 radical (unpaired) electrons. The first-order chi connectivity index (χ1) is 14.1. The van der Waals surface area contributed by atoms with Crippen LogP contribution < -0.4 is 4.74 Å². The molecule has 2 bridgehead atoms. The Hall–Kier alpha value is -2.59. The molecule has 2 aliphatic rings. The van der Waals surface area contributed by atoms with Gasteiger partial charge in [-0.15, -0.1) is 0 Å². The fourth-order valence-electron chi connectivity index (χ4n) is 5.28. The lowest BCUT2D eigenvalue weighted by atomic mass is 9.60. The van der Waals surface area contributed by atoms with Crippen molar-refractivity contribution >= 4 is 5.97 Å². The Morgan fingerprint density at radius 3 is 2.79 bits per heavy atom. The number of hydrogen-bond acceptors (Lipinski definition) is 3.